The molecule has 1 N–H and O–H groups in total. The molecule has 0 amide bonds. The van der Waals surface area contributed by atoms with Gasteiger partial charge in [-0.15, -0.1) is 0 Å². The van der Waals surface area contributed by atoms with Gasteiger partial charge in [-0.3, -0.25) is 4.98 Å². The molecule has 1 aromatic heterocycles. The van der Waals surface area contributed by atoms with Gasteiger partial charge < -0.3 is 5.11 Å². The Kier molecular flexibility index (Phi) is 3.48. The predicted molar refractivity (Wildman–Crippen MR) is 81.6 cm³/mol. The highest BCUT2D eigenvalue weighted by Gasteiger charge is 2.13. The van der Waals surface area contributed by atoms with Crippen LogP contribution < -0.4 is 0 Å². The first-order valence-corrected chi connectivity index (χ1v) is 6.81. The lowest BCUT2D eigenvalue weighted by Gasteiger charge is -2.13. The van der Waals surface area contributed by atoms with Crippen molar-refractivity contribution in [1.82, 2.24) is 4.98 Å². The molecule has 0 saturated carbocycles. The third kappa shape index (κ3) is 2.56. The second-order valence-electron chi connectivity index (χ2n) is 5.12. The van der Waals surface area contributed by atoms with Gasteiger partial charge in [0.05, 0.1) is 5.69 Å². The minimum Gasteiger partial charge on any atom is -0.386 e. The van der Waals surface area contributed by atoms with Crippen molar-refractivity contribution in [2.45, 2.75) is 19.4 Å². The summed E-state index contributed by atoms with van der Waals surface area (Å²) in [5, 5.41) is 12.6. The Hall–Kier alpha value is -2.19. The van der Waals surface area contributed by atoms with Crippen LogP contribution in [0.2, 0.25) is 0 Å². The number of aliphatic hydroxyl groups excluding tert-OH is 1. The van der Waals surface area contributed by atoms with Crippen LogP contribution in [-0.2, 0) is 6.42 Å². The molecule has 3 aromatic rings. The summed E-state index contributed by atoms with van der Waals surface area (Å²) < 4.78 is 0. The normalized spacial score (nSPS) is 12.5. The summed E-state index contributed by atoms with van der Waals surface area (Å²) in [7, 11) is 0. The van der Waals surface area contributed by atoms with Crippen LogP contribution in [0.1, 0.15) is 22.9 Å². The second-order valence-corrected chi connectivity index (χ2v) is 5.12. The van der Waals surface area contributed by atoms with Crippen molar-refractivity contribution in [2.24, 2.45) is 0 Å². The van der Waals surface area contributed by atoms with Crippen molar-refractivity contribution < 1.29 is 5.11 Å². The lowest BCUT2D eigenvalue weighted by molar-refractivity contribution is 0.175. The van der Waals surface area contributed by atoms with Gasteiger partial charge in [-0.05, 0) is 23.9 Å². The number of benzene rings is 2. The number of aliphatic hydroxyl groups is 1. The number of fused-ring (bicyclic) bond motifs is 1. The van der Waals surface area contributed by atoms with E-state index in [-0.39, 0.29) is 0 Å². The maximum Gasteiger partial charge on any atom is 0.101 e. The zero-order valence-corrected chi connectivity index (χ0v) is 11.5. The van der Waals surface area contributed by atoms with Crippen molar-refractivity contribution >= 4 is 10.8 Å². The Bertz CT molecular complexity index is 714. The number of hydrogen-bond acceptors (Lipinski definition) is 2. The van der Waals surface area contributed by atoms with Gasteiger partial charge in [-0.1, -0.05) is 54.1 Å². The Morgan fingerprint density at radius 2 is 1.75 bits per heavy atom. The molecule has 0 bridgehead atoms. The fourth-order valence-electron chi connectivity index (χ4n) is 2.45. The lowest BCUT2D eigenvalue weighted by Crippen LogP contribution is -2.05. The molecule has 20 heavy (non-hydrogen) atoms. The summed E-state index contributed by atoms with van der Waals surface area (Å²) >= 11 is 0. The van der Waals surface area contributed by atoms with Gasteiger partial charge >= 0.3 is 0 Å². The maximum absolute atomic E-state index is 10.5. The molecule has 3 rings (SSSR count). The first-order chi connectivity index (χ1) is 9.74. The number of pyridine rings is 1. The topological polar surface area (TPSA) is 33.1 Å². The van der Waals surface area contributed by atoms with Gasteiger partial charge in [0.2, 0.25) is 0 Å². The molecule has 0 fully saturated rings. The van der Waals surface area contributed by atoms with E-state index < -0.39 is 6.10 Å². The van der Waals surface area contributed by atoms with Crippen molar-refractivity contribution in [3.63, 3.8) is 0 Å². The van der Waals surface area contributed by atoms with E-state index in [0.717, 1.165) is 22.0 Å². The minimum absolute atomic E-state index is 0.580. The Morgan fingerprint density at radius 3 is 2.55 bits per heavy atom. The quantitative estimate of drug-likeness (QED) is 0.779. The molecule has 0 saturated heterocycles. The minimum atomic E-state index is -0.580. The molecule has 1 heterocycles. The van der Waals surface area contributed by atoms with Crippen LogP contribution >= 0.6 is 0 Å². The summed E-state index contributed by atoms with van der Waals surface area (Å²) in [5.74, 6) is 0. The van der Waals surface area contributed by atoms with Gasteiger partial charge in [0.15, 0.2) is 0 Å². The van der Waals surface area contributed by atoms with Crippen molar-refractivity contribution in [3.8, 4) is 0 Å². The molecule has 1 unspecified atom stereocenters. The average Bonchev–Trinajstić information content (AvgIpc) is 2.49. The van der Waals surface area contributed by atoms with Gasteiger partial charge in [0.1, 0.15) is 6.10 Å². The highest BCUT2D eigenvalue weighted by molar-refractivity contribution is 5.84. The maximum atomic E-state index is 10.5. The first kappa shape index (κ1) is 12.8. The Labute approximate surface area is 118 Å². The number of rotatable bonds is 3. The molecule has 2 nitrogen and oxygen atoms in total. The van der Waals surface area contributed by atoms with E-state index in [2.05, 4.69) is 36.2 Å². The van der Waals surface area contributed by atoms with E-state index in [4.69, 9.17) is 0 Å². The molecule has 0 aliphatic carbocycles. The van der Waals surface area contributed by atoms with Gasteiger partial charge in [-0.2, -0.15) is 0 Å². The third-order valence-electron chi connectivity index (χ3n) is 3.57. The zero-order chi connectivity index (χ0) is 13.9. The largest absolute Gasteiger partial charge is 0.386 e. The summed E-state index contributed by atoms with van der Waals surface area (Å²) in [4.78, 5) is 4.37. The average molecular weight is 263 g/mol. The molecule has 1 atom stereocenters. The molecule has 0 aliphatic heterocycles. The first-order valence-electron chi connectivity index (χ1n) is 6.81. The molecule has 0 radical (unpaired) electrons. The van der Waals surface area contributed by atoms with Crippen LogP contribution in [-0.4, -0.2) is 10.1 Å². The SMILES string of the molecule is Cc1ccc(CC(O)c2nccc3ccccc23)cc1. The summed E-state index contributed by atoms with van der Waals surface area (Å²) in [6.07, 6.45) is 1.76. The van der Waals surface area contributed by atoms with E-state index in [1.165, 1.54) is 5.56 Å². The molecule has 0 spiro atoms. The van der Waals surface area contributed by atoms with Crippen LogP contribution in [0.4, 0.5) is 0 Å². The zero-order valence-electron chi connectivity index (χ0n) is 11.5. The molecule has 0 aliphatic rings. The highest BCUT2D eigenvalue weighted by atomic mass is 16.3. The van der Waals surface area contributed by atoms with E-state index >= 15 is 0 Å². The monoisotopic (exact) mass is 263 g/mol. The molecule has 2 heteroatoms. The summed E-state index contributed by atoms with van der Waals surface area (Å²) in [6, 6.07) is 18.3. The smallest absolute Gasteiger partial charge is 0.101 e. The van der Waals surface area contributed by atoms with Crippen molar-refractivity contribution in [3.05, 3.63) is 77.6 Å². The number of nitrogens with zero attached hydrogens (tertiary/aromatic N) is 1. The van der Waals surface area contributed by atoms with Crippen LogP contribution in [0, 0.1) is 6.92 Å². The molecular formula is C18H17NO. The van der Waals surface area contributed by atoms with Crippen LogP contribution in [0.3, 0.4) is 0 Å². The molecule has 2 aromatic carbocycles. The van der Waals surface area contributed by atoms with Crippen LogP contribution in [0.15, 0.2) is 60.8 Å². The molecule has 100 valence electrons. The van der Waals surface area contributed by atoms with Crippen molar-refractivity contribution in [1.29, 1.82) is 0 Å². The Balaban J connectivity index is 1.92. The summed E-state index contributed by atoms with van der Waals surface area (Å²) in [5.41, 5.74) is 3.10. The summed E-state index contributed by atoms with van der Waals surface area (Å²) in [6.45, 7) is 2.06. The number of hydrogen-bond donors (Lipinski definition) is 1. The van der Waals surface area contributed by atoms with Gasteiger partial charge in [0.25, 0.3) is 0 Å². The third-order valence-corrected chi connectivity index (χ3v) is 3.57. The lowest BCUT2D eigenvalue weighted by atomic mass is 10.0. The number of aromatic nitrogens is 1. The fraction of sp³-hybridized carbons (Fsp3) is 0.167. The molecular weight excluding hydrogens is 246 g/mol. The predicted octanol–water partition coefficient (Wildman–Crippen LogP) is 3.82. The van der Waals surface area contributed by atoms with Crippen LogP contribution in [0.25, 0.3) is 10.8 Å². The van der Waals surface area contributed by atoms with Gasteiger partial charge in [-0.25, -0.2) is 0 Å². The highest BCUT2D eigenvalue weighted by Crippen LogP contribution is 2.24. The Morgan fingerprint density at radius 1 is 1.00 bits per heavy atom. The van der Waals surface area contributed by atoms with Crippen molar-refractivity contribution in [2.75, 3.05) is 0 Å². The van der Waals surface area contributed by atoms with E-state index in [9.17, 15) is 5.11 Å². The number of aryl methyl sites for hydroxylation is 1. The second kappa shape index (κ2) is 5.43. The fourth-order valence-corrected chi connectivity index (χ4v) is 2.45. The van der Waals surface area contributed by atoms with E-state index in [1.807, 2.05) is 30.3 Å². The van der Waals surface area contributed by atoms with E-state index in [1.54, 1.807) is 6.20 Å². The van der Waals surface area contributed by atoms with Gasteiger partial charge in [0, 0.05) is 18.0 Å². The standard InChI is InChI=1S/C18H17NO/c1-13-6-8-14(9-7-13)12-17(20)18-16-5-3-2-4-15(16)10-11-19-18/h2-11,17,20H,12H2,1H3. The van der Waals surface area contributed by atoms with Crippen LogP contribution in [0.5, 0.6) is 0 Å². The van der Waals surface area contributed by atoms with E-state index in [0.29, 0.717) is 6.42 Å².